The lowest BCUT2D eigenvalue weighted by Gasteiger charge is -2.33. The van der Waals surface area contributed by atoms with Crippen molar-refractivity contribution in [3.05, 3.63) is 75.9 Å². The summed E-state index contributed by atoms with van der Waals surface area (Å²) in [5, 5.41) is 19.8. The van der Waals surface area contributed by atoms with Crippen molar-refractivity contribution in [2.75, 3.05) is 13.7 Å². The molecule has 4 nitrogen and oxygen atoms in total. The number of aliphatic hydroxyl groups is 2. The third kappa shape index (κ3) is 4.99. The minimum atomic E-state index is -0.513. The highest BCUT2D eigenvalue weighted by molar-refractivity contribution is 7.15. The molecule has 0 amide bonds. The monoisotopic (exact) mass is 442 g/mol. The van der Waals surface area contributed by atoms with Crippen LogP contribution >= 0.6 is 11.3 Å². The highest BCUT2D eigenvalue weighted by Crippen LogP contribution is 2.39. The molecule has 31 heavy (non-hydrogen) atoms. The van der Waals surface area contributed by atoms with Crippen LogP contribution in [0.15, 0.2) is 48.5 Å². The number of aryl methyl sites for hydroxylation is 1. The highest BCUT2D eigenvalue weighted by atomic mass is 32.1. The van der Waals surface area contributed by atoms with Gasteiger partial charge < -0.3 is 19.7 Å². The molecule has 1 aliphatic rings. The minimum Gasteiger partial charge on any atom is -0.496 e. The first-order valence-corrected chi connectivity index (χ1v) is 11.2. The van der Waals surface area contributed by atoms with E-state index in [9.17, 15) is 14.6 Å². The maximum atomic E-state index is 13.2. The van der Waals surface area contributed by atoms with Crippen LogP contribution in [-0.4, -0.2) is 36.1 Å². The van der Waals surface area contributed by atoms with E-state index in [0.29, 0.717) is 12.8 Å². The first-order chi connectivity index (χ1) is 15.0. The van der Waals surface area contributed by atoms with Crippen molar-refractivity contribution in [3.63, 3.8) is 0 Å². The summed E-state index contributed by atoms with van der Waals surface area (Å²) in [5.41, 5.74) is 4.18. The molecule has 3 aromatic rings. The summed E-state index contributed by atoms with van der Waals surface area (Å²) in [6.07, 6.45) is 0.458. The molecule has 0 bridgehead atoms. The zero-order valence-electron chi connectivity index (χ0n) is 17.7. The van der Waals surface area contributed by atoms with Crippen LogP contribution < -0.4 is 4.74 Å². The van der Waals surface area contributed by atoms with Crippen LogP contribution in [0.4, 0.5) is 4.39 Å². The number of rotatable bonds is 6. The first-order valence-electron chi connectivity index (χ1n) is 10.4. The number of halogens is 1. The van der Waals surface area contributed by atoms with Gasteiger partial charge >= 0.3 is 0 Å². The van der Waals surface area contributed by atoms with E-state index in [0.717, 1.165) is 39.3 Å². The topological polar surface area (TPSA) is 58.9 Å². The summed E-state index contributed by atoms with van der Waals surface area (Å²) >= 11 is 1.69. The van der Waals surface area contributed by atoms with Gasteiger partial charge in [0.05, 0.1) is 32.0 Å². The Morgan fingerprint density at radius 3 is 2.61 bits per heavy atom. The largest absolute Gasteiger partial charge is 0.496 e. The van der Waals surface area contributed by atoms with Crippen molar-refractivity contribution in [2.24, 2.45) is 0 Å². The molecule has 2 heterocycles. The van der Waals surface area contributed by atoms with Gasteiger partial charge in [-0.3, -0.25) is 0 Å². The molecular formula is C25H27FO4S. The van der Waals surface area contributed by atoms with Crippen LogP contribution in [0.3, 0.4) is 0 Å². The standard InChI is InChI=1S/C25H27FO4S/c1-15-9-23(29-2)22(24-13-19(28)12-20(14-27)30-24)11-17(15)10-21-7-8-25(31-21)16-3-5-18(26)6-4-16/h3-9,11,19-20,24,27-28H,10,12-14H2,1-2H3/t19-,20-,24+/m0/s1. The van der Waals surface area contributed by atoms with Gasteiger partial charge in [0.1, 0.15) is 11.6 Å². The summed E-state index contributed by atoms with van der Waals surface area (Å²) in [6.45, 7) is 1.94. The van der Waals surface area contributed by atoms with Gasteiger partial charge in [-0.15, -0.1) is 11.3 Å². The second-order valence-corrected chi connectivity index (χ2v) is 9.19. The predicted molar refractivity (Wildman–Crippen MR) is 120 cm³/mol. The van der Waals surface area contributed by atoms with Gasteiger partial charge in [-0.05, 0) is 60.0 Å². The summed E-state index contributed by atoms with van der Waals surface area (Å²) in [6, 6.07) is 14.8. The molecule has 0 unspecified atom stereocenters. The lowest BCUT2D eigenvalue weighted by molar-refractivity contribution is -0.114. The van der Waals surface area contributed by atoms with Crippen molar-refractivity contribution < 1.29 is 24.1 Å². The summed E-state index contributed by atoms with van der Waals surface area (Å²) in [5.74, 6) is 0.496. The van der Waals surface area contributed by atoms with Gasteiger partial charge in [-0.25, -0.2) is 4.39 Å². The molecule has 2 N–H and O–H groups in total. The molecule has 164 valence electrons. The van der Waals surface area contributed by atoms with Crippen molar-refractivity contribution in [1.82, 2.24) is 0 Å². The number of benzene rings is 2. The van der Waals surface area contributed by atoms with Crippen LogP contribution in [0.25, 0.3) is 10.4 Å². The number of aliphatic hydroxyl groups excluding tert-OH is 2. The van der Waals surface area contributed by atoms with E-state index >= 15 is 0 Å². The highest BCUT2D eigenvalue weighted by Gasteiger charge is 2.31. The molecule has 0 spiro atoms. The van der Waals surface area contributed by atoms with Gasteiger partial charge in [0, 0.05) is 34.6 Å². The van der Waals surface area contributed by atoms with Crippen molar-refractivity contribution in [3.8, 4) is 16.2 Å². The number of ether oxygens (including phenoxy) is 2. The Kier molecular flexibility index (Phi) is 6.72. The Balaban J connectivity index is 1.60. The van der Waals surface area contributed by atoms with Crippen molar-refractivity contribution in [1.29, 1.82) is 0 Å². The summed E-state index contributed by atoms with van der Waals surface area (Å²) in [4.78, 5) is 2.31. The lowest BCUT2D eigenvalue weighted by atomic mass is 9.92. The van der Waals surface area contributed by atoms with E-state index < -0.39 is 6.10 Å². The number of hydrogen-bond acceptors (Lipinski definition) is 5. The second-order valence-electron chi connectivity index (χ2n) is 8.02. The quantitative estimate of drug-likeness (QED) is 0.562. The maximum Gasteiger partial charge on any atom is 0.124 e. The normalized spacial score (nSPS) is 21.3. The third-order valence-corrected chi connectivity index (χ3v) is 6.91. The second kappa shape index (κ2) is 9.49. The molecule has 3 atom stereocenters. The number of hydrogen-bond donors (Lipinski definition) is 2. The Morgan fingerprint density at radius 1 is 1.13 bits per heavy atom. The Bertz CT molecular complexity index is 1030. The number of thiophene rings is 1. The molecule has 1 aromatic heterocycles. The molecule has 0 aliphatic carbocycles. The fraction of sp³-hybridized carbons (Fsp3) is 0.360. The van der Waals surface area contributed by atoms with Gasteiger partial charge in [-0.1, -0.05) is 12.1 Å². The summed E-state index contributed by atoms with van der Waals surface area (Å²) in [7, 11) is 1.63. The van der Waals surface area contributed by atoms with E-state index in [1.165, 1.54) is 17.0 Å². The van der Waals surface area contributed by atoms with Gasteiger partial charge in [-0.2, -0.15) is 0 Å². The smallest absolute Gasteiger partial charge is 0.124 e. The SMILES string of the molecule is COc1cc(C)c(Cc2ccc(-c3ccc(F)cc3)s2)cc1[C@H]1C[C@@H](O)C[C@@H](CO)O1. The number of methoxy groups -OCH3 is 1. The van der Waals surface area contributed by atoms with E-state index in [-0.39, 0.29) is 24.6 Å². The zero-order valence-corrected chi connectivity index (χ0v) is 18.5. The average molecular weight is 443 g/mol. The van der Waals surface area contributed by atoms with E-state index in [1.807, 2.05) is 6.07 Å². The maximum absolute atomic E-state index is 13.2. The van der Waals surface area contributed by atoms with E-state index in [4.69, 9.17) is 9.47 Å². The Labute approximate surface area is 185 Å². The zero-order chi connectivity index (χ0) is 22.0. The lowest BCUT2D eigenvalue weighted by Crippen LogP contribution is -2.33. The van der Waals surface area contributed by atoms with Gasteiger partial charge in [0.15, 0.2) is 0 Å². The van der Waals surface area contributed by atoms with Gasteiger partial charge in [0.2, 0.25) is 0 Å². The molecule has 4 rings (SSSR count). The van der Waals surface area contributed by atoms with Crippen LogP contribution in [0.2, 0.25) is 0 Å². The van der Waals surface area contributed by atoms with Gasteiger partial charge in [0.25, 0.3) is 0 Å². The first kappa shape index (κ1) is 22.0. The molecular weight excluding hydrogens is 415 g/mol. The Hall–Kier alpha value is -2.25. The van der Waals surface area contributed by atoms with Crippen LogP contribution in [0, 0.1) is 12.7 Å². The van der Waals surface area contributed by atoms with Crippen molar-refractivity contribution in [2.45, 2.75) is 44.5 Å². The molecule has 6 heteroatoms. The molecule has 0 radical (unpaired) electrons. The minimum absolute atomic E-state index is 0.115. The fourth-order valence-electron chi connectivity index (χ4n) is 4.10. The van der Waals surface area contributed by atoms with E-state index in [2.05, 4.69) is 25.1 Å². The van der Waals surface area contributed by atoms with Crippen LogP contribution in [0.5, 0.6) is 5.75 Å². The predicted octanol–water partition coefficient (Wildman–Crippen LogP) is 5.04. The molecule has 1 aliphatic heterocycles. The molecule has 0 saturated carbocycles. The fourth-order valence-corrected chi connectivity index (χ4v) is 5.14. The average Bonchev–Trinajstić information content (AvgIpc) is 3.23. The van der Waals surface area contributed by atoms with Crippen molar-refractivity contribution >= 4 is 11.3 Å². The molecule has 2 aromatic carbocycles. The third-order valence-electron chi connectivity index (χ3n) is 5.77. The van der Waals surface area contributed by atoms with Crippen LogP contribution in [0.1, 0.15) is 40.5 Å². The van der Waals surface area contributed by atoms with Crippen LogP contribution in [-0.2, 0) is 11.2 Å². The molecule has 1 saturated heterocycles. The summed E-state index contributed by atoms with van der Waals surface area (Å²) < 4.78 is 24.9. The van der Waals surface area contributed by atoms with E-state index in [1.54, 1.807) is 30.6 Å². The Morgan fingerprint density at radius 2 is 1.90 bits per heavy atom. The molecule has 1 fully saturated rings.